The Bertz CT molecular complexity index is 1100. The summed E-state index contributed by atoms with van der Waals surface area (Å²) in [5, 5.41) is 0. The summed E-state index contributed by atoms with van der Waals surface area (Å²) in [6.45, 7) is 7.03. The van der Waals surface area contributed by atoms with Crippen LogP contribution in [0.25, 0.3) is 0 Å². The molecule has 0 N–H and O–H groups in total. The van der Waals surface area contributed by atoms with Crippen molar-refractivity contribution in [1.29, 1.82) is 0 Å². The Morgan fingerprint density at radius 2 is 1.42 bits per heavy atom. The topological polar surface area (TPSA) is 60.4 Å². The number of nitrogens with zero attached hydrogens (tertiary/aromatic N) is 2. The van der Waals surface area contributed by atoms with Crippen molar-refractivity contribution >= 4 is 17.3 Å². The lowest BCUT2D eigenvalue weighted by atomic mass is 10.1. The molecule has 0 radical (unpaired) electrons. The molecule has 0 heterocycles. The van der Waals surface area contributed by atoms with Crippen molar-refractivity contribution in [2.45, 2.75) is 20.8 Å². The van der Waals surface area contributed by atoms with E-state index in [0.717, 1.165) is 22.8 Å². The smallest absolute Gasteiger partial charge is 0.256 e. The van der Waals surface area contributed by atoms with E-state index in [4.69, 9.17) is 19.2 Å². The van der Waals surface area contributed by atoms with E-state index in [0.29, 0.717) is 35.8 Å². The second-order valence-corrected chi connectivity index (χ2v) is 7.34. The summed E-state index contributed by atoms with van der Waals surface area (Å²) in [5.74, 6) is 2.43. The highest BCUT2D eigenvalue weighted by molar-refractivity contribution is 6.04. The predicted octanol–water partition coefficient (Wildman–Crippen LogP) is 6.12. The highest BCUT2D eigenvalue weighted by atomic mass is 16.5. The molecule has 0 saturated heterocycles. The van der Waals surface area contributed by atoms with Gasteiger partial charge >= 0.3 is 0 Å². The maximum atomic E-state index is 13.2. The fourth-order valence-corrected chi connectivity index (χ4v) is 3.45. The Balaban J connectivity index is 1.95. The van der Waals surface area contributed by atoms with E-state index in [2.05, 4.69) is 0 Å². The number of hydrogen-bond acceptors (Lipinski definition) is 5. The minimum atomic E-state index is -0.0980. The lowest BCUT2D eigenvalue weighted by molar-refractivity contribution is 0.0773. The molecule has 0 unspecified atom stereocenters. The SMILES string of the molecule is CCN(CC)C(=O)c1cc(OC)c(OC)cc1N=C(C)c1ccc(Oc2ccccc2)cc1. The van der Waals surface area contributed by atoms with Crippen LogP contribution in [0, 0.1) is 0 Å². The molecule has 6 nitrogen and oxygen atoms in total. The maximum Gasteiger partial charge on any atom is 0.256 e. The number of rotatable bonds is 9. The third-order valence-electron chi connectivity index (χ3n) is 5.32. The Hall–Kier alpha value is -3.80. The Morgan fingerprint density at radius 3 is 2.00 bits per heavy atom. The third kappa shape index (κ3) is 5.71. The summed E-state index contributed by atoms with van der Waals surface area (Å²) in [5.41, 5.74) is 2.69. The van der Waals surface area contributed by atoms with Gasteiger partial charge < -0.3 is 19.1 Å². The second-order valence-electron chi connectivity index (χ2n) is 7.34. The van der Waals surface area contributed by atoms with Gasteiger partial charge in [0, 0.05) is 24.9 Å². The van der Waals surface area contributed by atoms with Gasteiger partial charge in [-0.25, -0.2) is 0 Å². The summed E-state index contributed by atoms with van der Waals surface area (Å²) in [6, 6.07) is 20.8. The highest BCUT2D eigenvalue weighted by Gasteiger charge is 2.20. The van der Waals surface area contributed by atoms with Crippen molar-refractivity contribution in [2.75, 3.05) is 27.3 Å². The molecule has 3 aromatic carbocycles. The van der Waals surface area contributed by atoms with Crippen LogP contribution in [0.5, 0.6) is 23.0 Å². The zero-order valence-corrected chi connectivity index (χ0v) is 19.8. The molecule has 1 amide bonds. The van der Waals surface area contributed by atoms with Crippen LogP contribution in [-0.4, -0.2) is 43.8 Å². The second kappa shape index (κ2) is 11.2. The van der Waals surface area contributed by atoms with E-state index in [1.807, 2.05) is 75.4 Å². The van der Waals surface area contributed by atoms with Crippen LogP contribution < -0.4 is 14.2 Å². The minimum Gasteiger partial charge on any atom is -0.493 e. The molecule has 0 aliphatic rings. The van der Waals surface area contributed by atoms with Gasteiger partial charge in [-0.1, -0.05) is 18.2 Å². The maximum absolute atomic E-state index is 13.2. The first kappa shape index (κ1) is 23.9. The molecule has 3 rings (SSSR count). The molecule has 0 bridgehead atoms. The molecule has 6 heteroatoms. The summed E-state index contributed by atoms with van der Waals surface area (Å²) in [6.07, 6.45) is 0. The highest BCUT2D eigenvalue weighted by Crippen LogP contribution is 2.36. The van der Waals surface area contributed by atoms with Crippen molar-refractivity contribution in [1.82, 2.24) is 4.90 Å². The number of hydrogen-bond donors (Lipinski definition) is 0. The first-order valence-electron chi connectivity index (χ1n) is 10.9. The predicted molar refractivity (Wildman–Crippen MR) is 132 cm³/mol. The van der Waals surface area contributed by atoms with E-state index in [-0.39, 0.29) is 5.91 Å². The van der Waals surface area contributed by atoms with E-state index >= 15 is 0 Å². The van der Waals surface area contributed by atoms with Crippen LogP contribution in [0.1, 0.15) is 36.7 Å². The summed E-state index contributed by atoms with van der Waals surface area (Å²) in [7, 11) is 3.12. The van der Waals surface area contributed by atoms with Crippen LogP contribution in [0.4, 0.5) is 5.69 Å². The van der Waals surface area contributed by atoms with E-state index in [9.17, 15) is 4.79 Å². The largest absolute Gasteiger partial charge is 0.493 e. The molecule has 172 valence electrons. The third-order valence-corrected chi connectivity index (χ3v) is 5.32. The molecule has 0 aliphatic carbocycles. The van der Waals surface area contributed by atoms with Crippen LogP contribution in [0.2, 0.25) is 0 Å². The molecule has 3 aromatic rings. The van der Waals surface area contributed by atoms with Crippen LogP contribution in [-0.2, 0) is 0 Å². The first-order chi connectivity index (χ1) is 16.0. The van der Waals surface area contributed by atoms with E-state index in [1.54, 1.807) is 31.3 Å². The average molecular weight is 447 g/mol. The number of benzene rings is 3. The Kier molecular flexibility index (Phi) is 8.08. The molecular formula is C27H30N2O4. The van der Waals surface area contributed by atoms with E-state index < -0.39 is 0 Å². The van der Waals surface area contributed by atoms with Crippen LogP contribution >= 0.6 is 0 Å². The quantitative estimate of drug-likeness (QED) is 0.372. The summed E-state index contributed by atoms with van der Waals surface area (Å²) in [4.78, 5) is 19.7. The molecule has 0 fully saturated rings. The number of aliphatic imine (C=N–C) groups is 1. The van der Waals surface area contributed by atoms with Gasteiger partial charge in [0.05, 0.1) is 25.5 Å². The molecule has 0 saturated carbocycles. The molecular weight excluding hydrogens is 416 g/mol. The molecule has 0 spiro atoms. The number of ether oxygens (including phenoxy) is 3. The number of carbonyl (C=O) groups excluding carboxylic acids is 1. The normalized spacial score (nSPS) is 11.1. The summed E-state index contributed by atoms with van der Waals surface area (Å²) < 4.78 is 16.7. The van der Waals surface area contributed by atoms with Gasteiger partial charge in [-0.3, -0.25) is 9.79 Å². The van der Waals surface area contributed by atoms with Gasteiger partial charge in [-0.05, 0) is 68.8 Å². The van der Waals surface area contributed by atoms with Crippen molar-refractivity contribution in [3.8, 4) is 23.0 Å². The van der Waals surface area contributed by atoms with Crippen molar-refractivity contribution in [3.63, 3.8) is 0 Å². The number of carbonyl (C=O) groups is 1. The van der Waals surface area contributed by atoms with E-state index in [1.165, 1.54) is 0 Å². The van der Waals surface area contributed by atoms with Crippen molar-refractivity contribution in [3.05, 3.63) is 77.9 Å². The van der Waals surface area contributed by atoms with Crippen molar-refractivity contribution in [2.24, 2.45) is 4.99 Å². The zero-order chi connectivity index (χ0) is 23.8. The number of amides is 1. The first-order valence-corrected chi connectivity index (χ1v) is 10.9. The molecule has 0 atom stereocenters. The van der Waals surface area contributed by atoms with Gasteiger partial charge in [0.15, 0.2) is 11.5 Å². The molecule has 33 heavy (non-hydrogen) atoms. The lowest BCUT2D eigenvalue weighted by Crippen LogP contribution is -2.30. The summed E-state index contributed by atoms with van der Waals surface area (Å²) >= 11 is 0. The Morgan fingerprint density at radius 1 is 0.848 bits per heavy atom. The zero-order valence-electron chi connectivity index (χ0n) is 19.8. The average Bonchev–Trinajstić information content (AvgIpc) is 2.85. The van der Waals surface area contributed by atoms with Crippen LogP contribution in [0.3, 0.4) is 0 Å². The fraction of sp³-hybridized carbons (Fsp3) is 0.259. The van der Waals surface area contributed by atoms with Gasteiger partial charge in [-0.2, -0.15) is 0 Å². The molecule has 0 aromatic heterocycles. The monoisotopic (exact) mass is 446 g/mol. The lowest BCUT2D eigenvalue weighted by Gasteiger charge is -2.21. The van der Waals surface area contributed by atoms with Crippen molar-refractivity contribution < 1.29 is 19.0 Å². The standard InChI is InChI=1S/C27H30N2O4/c1-6-29(7-2)27(30)23-17-25(31-4)26(32-5)18-24(23)28-19(3)20-13-15-22(16-14-20)33-21-11-9-8-10-12-21/h8-18H,6-7H2,1-5H3. The number of methoxy groups -OCH3 is 2. The van der Waals surface area contributed by atoms with Gasteiger partial charge in [-0.15, -0.1) is 0 Å². The number of para-hydroxylation sites is 1. The minimum absolute atomic E-state index is 0.0980. The van der Waals surface area contributed by atoms with Crippen LogP contribution in [0.15, 0.2) is 71.7 Å². The molecule has 0 aliphatic heterocycles. The Labute approximate surface area is 195 Å². The van der Waals surface area contributed by atoms with Gasteiger partial charge in [0.25, 0.3) is 5.91 Å². The van der Waals surface area contributed by atoms with Gasteiger partial charge in [0.2, 0.25) is 0 Å². The van der Waals surface area contributed by atoms with Gasteiger partial charge in [0.1, 0.15) is 11.5 Å². The fourth-order valence-electron chi connectivity index (χ4n) is 3.45.